The molecule has 0 aliphatic rings. The molecule has 0 spiro atoms. The summed E-state index contributed by atoms with van der Waals surface area (Å²) in [4.78, 5) is 0. The van der Waals surface area contributed by atoms with Crippen LogP contribution in [0.15, 0.2) is 24.3 Å². The number of hydrogen-bond acceptors (Lipinski definition) is 3. The van der Waals surface area contributed by atoms with Crippen molar-refractivity contribution in [2.24, 2.45) is 0 Å². The van der Waals surface area contributed by atoms with Gasteiger partial charge in [0, 0.05) is 20.2 Å². The fraction of sp³-hybridized carbons (Fsp3) is 0.400. The molecular formula is C10H15NO2. The van der Waals surface area contributed by atoms with Crippen LogP contribution in [0.1, 0.15) is 11.1 Å². The molecule has 0 aliphatic heterocycles. The fourth-order valence-corrected chi connectivity index (χ4v) is 1.20. The second-order valence-corrected chi connectivity index (χ2v) is 3.11. The molecule has 1 aromatic rings. The molecule has 0 aromatic heterocycles. The predicted molar refractivity (Wildman–Crippen MR) is 50.5 cm³/mol. The van der Waals surface area contributed by atoms with E-state index in [1.165, 1.54) is 0 Å². The second-order valence-electron chi connectivity index (χ2n) is 3.11. The van der Waals surface area contributed by atoms with Gasteiger partial charge in [-0.25, -0.2) is 0 Å². The van der Waals surface area contributed by atoms with Gasteiger partial charge in [0.25, 0.3) is 0 Å². The van der Waals surface area contributed by atoms with Gasteiger partial charge >= 0.3 is 0 Å². The van der Waals surface area contributed by atoms with Gasteiger partial charge < -0.3 is 10.3 Å². The maximum absolute atomic E-state index is 8.97. The van der Waals surface area contributed by atoms with E-state index in [4.69, 9.17) is 10.3 Å². The molecule has 1 rings (SSSR count). The van der Waals surface area contributed by atoms with Crippen LogP contribution < -0.4 is 0 Å². The van der Waals surface area contributed by atoms with E-state index < -0.39 is 0 Å². The summed E-state index contributed by atoms with van der Waals surface area (Å²) in [6.07, 6.45) is 0.690. The van der Waals surface area contributed by atoms with Gasteiger partial charge in [0.2, 0.25) is 0 Å². The van der Waals surface area contributed by atoms with E-state index in [0.29, 0.717) is 13.0 Å². The molecule has 72 valence electrons. The molecule has 0 aliphatic carbocycles. The number of aliphatic hydroxyl groups excluding tert-OH is 1. The number of rotatable bonds is 4. The lowest BCUT2D eigenvalue weighted by atomic mass is 10.1. The number of benzene rings is 1. The van der Waals surface area contributed by atoms with Crippen molar-refractivity contribution in [2.75, 3.05) is 13.7 Å². The molecule has 0 saturated heterocycles. The lowest BCUT2D eigenvalue weighted by Gasteiger charge is -2.08. The Morgan fingerprint density at radius 3 is 2.15 bits per heavy atom. The zero-order valence-corrected chi connectivity index (χ0v) is 7.77. The quantitative estimate of drug-likeness (QED) is 0.682. The van der Waals surface area contributed by atoms with Crippen molar-refractivity contribution in [3.8, 4) is 0 Å². The SMILES string of the molecule is CN(O)Cc1ccc(CCO)cc1. The largest absolute Gasteiger partial charge is 0.396 e. The normalized spacial score (nSPS) is 10.8. The van der Waals surface area contributed by atoms with E-state index >= 15 is 0 Å². The Labute approximate surface area is 78.2 Å². The van der Waals surface area contributed by atoms with Gasteiger partial charge in [0.15, 0.2) is 0 Å². The molecule has 0 heterocycles. The first-order chi connectivity index (χ1) is 6.22. The van der Waals surface area contributed by atoms with Crippen LogP contribution in [-0.4, -0.2) is 29.0 Å². The van der Waals surface area contributed by atoms with E-state index in [1.54, 1.807) is 7.05 Å². The number of aliphatic hydroxyl groups is 1. The van der Waals surface area contributed by atoms with E-state index in [9.17, 15) is 0 Å². The summed E-state index contributed by atoms with van der Waals surface area (Å²) in [6, 6.07) is 7.85. The third-order valence-corrected chi connectivity index (χ3v) is 1.83. The van der Waals surface area contributed by atoms with Crippen molar-refractivity contribution in [1.29, 1.82) is 0 Å². The van der Waals surface area contributed by atoms with Crippen LogP contribution in [0, 0.1) is 0 Å². The van der Waals surface area contributed by atoms with Crippen LogP contribution in [0.5, 0.6) is 0 Å². The monoisotopic (exact) mass is 181 g/mol. The van der Waals surface area contributed by atoms with E-state index in [0.717, 1.165) is 16.2 Å². The number of hydrogen-bond donors (Lipinski definition) is 2. The maximum Gasteiger partial charge on any atom is 0.0485 e. The zero-order chi connectivity index (χ0) is 9.68. The van der Waals surface area contributed by atoms with Crippen LogP contribution in [0.2, 0.25) is 0 Å². The number of nitrogens with zero attached hydrogens (tertiary/aromatic N) is 1. The minimum Gasteiger partial charge on any atom is -0.396 e. The van der Waals surface area contributed by atoms with Crippen molar-refractivity contribution in [2.45, 2.75) is 13.0 Å². The maximum atomic E-state index is 8.97. The highest BCUT2D eigenvalue weighted by Gasteiger charge is 1.96. The Hall–Kier alpha value is -0.900. The summed E-state index contributed by atoms with van der Waals surface area (Å²) in [6.45, 7) is 0.707. The van der Waals surface area contributed by atoms with Crippen LogP contribution in [-0.2, 0) is 13.0 Å². The average Bonchev–Trinajstić information content (AvgIpc) is 2.08. The minimum absolute atomic E-state index is 0.180. The Kier molecular flexibility index (Phi) is 3.89. The Morgan fingerprint density at radius 1 is 1.15 bits per heavy atom. The highest BCUT2D eigenvalue weighted by Crippen LogP contribution is 2.06. The molecular weight excluding hydrogens is 166 g/mol. The Morgan fingerprint density at radius 2 is 1.69 bits per heavy atom. The predicted octanol–water partition coefficient (Wildman–Crippen LogP) is 1.04. The molecule has 0 fully saturated rings. The van der Waals surface area contributed by atoms with Crippen LogP contribution in [0.3, 0.4) is 0 Å². The van der Waals surface area contributed by atoms with Crippen LogP contribution in [0.25, 0.3) is 0 Å². The van der Waals surface area contributed by atoms with Crippen molar-refractivity contribution in [3.63, 3.8) is 0 Å². The smallest absolute Gasteiger partial charge is 0.0485 e. The highest BCUT2D eigenvalue weighted by molar-refractivity contribution is 5.22. The Bertz CT molecular complexity index is 244. The standard InChI is InChI=1S/C10H15NO2/c1-11(13)8-10-4-2-9(3-5-10)6-7-12/h2-5,12-13H,6-8H2,1H3. The summed E-state index contributed by atoms with van der Waals surface area (Å²) in [5, 5.41) is 18.8. The van der Waals surface area contributed by atoms with E-state index in [1.807, 2.05) is 24.3 Å². The molecule has 3 nitrogen and oxygen atoms in total. The lowest BCUT2D eigenvalue weighted by molar-refractivity contribution is -0.0731. The van der Waals surface area contributed by atoms with Crippen LogP contribution in [0.4, 0.5) is 0 Å². The van der Waals surface area contributed by atoms with Crippen molar-refractivity contribution in [1.82, 2.24) is 5.06 Å². The highest BCUT2D eigenvalue weighted by atomic mass is 16.5. The number of hydroxylamine groups is 2. The fourth-order valence-electron chi connectivity index (χ4n) is 1.20. The van der Waals surface area contributed by atoms with Gasteiger partial charge in [0.1, 0.15) is 0 Å². The lowest BCUT2D eigenvalue weighted by Crippen LogP contribution is -2.11. The van der Waals surface area contributed by atoms with E-state index in [2.05, 4.69) is 0 Å². The first-order valence-corrected chi connectivity index (χ1v) is 4.31. The van der Waals surface area contributed by atoms with Gasteiger partial charge in [-0.15, -0.1) is 0 Å². The summed E-state index contributed by atoms with van der Waals surface area (Å²) >= 11 is 0. The first-order valence-electron chi connectivity index (χ1n) is 4.31. The van der Waals surface area contributed by atoms with Gasteiger partial charge in [0.05, 0.1) is 0 Å². The van der Waals surface area contributed by atoms with Crippen molar-refractivity contribution in [3.05, 3.63) is 35.4 Å². The molecule has 13 heavy (non-hydrogen) atoms. The molecule has 3 heteroatoms. The first kappa shape index (κ1) is 10.2. The average molecular weight is 181 g/mol. The third-order valence-electron chi connectivity index (χ3n) is 1.83. The zero-order valence-electron chi connectivity index (χ0n) is 7.77. The van der Waals surface area contributed by atoms with E-state index in [-0.39, 0.29) is 6.61 Å². The topological polar surface area (TPSA) is 43.7 Å². The molecule has 0 amide bonds. The minimum atomic E-state index is 0.180. The van der Waals surface area contributed by atoms with Gasteiger partial charge in [-0.2, -0.15) is 5.06 Å². The van der Waals surface area contributed by atoms with Gasteiger partial charge in [-0.3, -0.25) is 0 Å². The van der Waals surface area contributed by atoms with Crippen molar-refractivity contribution < 1.29 is 10.3 Å². The molecule has 1 aromatic carbocycles. The summed E-state index contributed by atoms with van der Waals surface area (Å²) < 4.78 is 0. The molecule has 0 atom stereocenters. The van der Waals surface area contributed by atoms with Gasteiger partial charge in [-0.1, -0.05) is 24.3 Å². The molecule has 2 N–H and O–H groups in total. The Balaban J connectivity index is 2.59. The van der Waals surface area contributed by atoms with Crippen molar-refractivity contribution >= 4 is 0 Å². The molecule has 0 radical (unpaired) electrons. The third kappa shape index (κ3) is 3.55. The molecule has 0 unspecified atom stereocenters. The summed E-state index contributed by atoms with van der Waals surface area (Å²) in [5.74, 6) is 0. The van der Waals surface area contributed by atoms with Crippen LogP contribution >= 0.6 is 0 Å². The molecule has 0 saturated carbocycles. The second kappa shape index (κ2) is 4.97. The summed E-state index contributed by atoms with van der Waals surface area (Å²) in [5.41, 5.74) is 2.18. The van der Waals surface area contributed by atoms with Gasteiger partial charge in [-0.05, 0) is 17.5 Å². The summed E-state index contributed by atoms with van der Waals surface area (Å²) in [7, 11) is 1.61. The molecule has 0 bridgehead atoms.